The minimum Gasteiger partial charge on any atom is -0.494 e. The number of carbonyl (C=O) groups excluding carboxylic acids is 1. The van der Waals surface area contributed by atoms with Crippen molar-refractivity contribution in [3.63, 3.8) is 0 Å². The molecule has 0 radical (unpaired) electrons. The van der Waals surface area contributed by atoms with Crippen molar-refractivity contribution in [3.8, 4) is 5.75 Å². The number of carboxylic acids is 1. The lowest BCUT2D eigenvalue weighted by molar-refractivity contribution is -0.137. The van der Waals surface area contributed by atoms with Gasteiger partial charge < -0.3 is 15.2 Å². The number of anilines is 1. The van der Waals surface area contributed by atoms with E-state index in [-0.39, 0.29) is 18.2 Å². The number of benzene rings is 1. The topological polar surface area (TPSA) is 75.6 Å². The number of hydrogen-bond acceptors (Lipinski definition) is 3. The van der Waals surface area contributed by atoms with Gasteiger partial charge in [0.05, 0.1) is 6.61 Å². The predicted molar refractivity (Wildman–Crippen MR) is 81.8 cm³/mol. The van der Waals surface area contributed by atoms with Crippen molar-refractivity contribution in [3.05, 3.63) is 24.3 Å². The predicted octanol–water partition coefficient (Wildman–Crippen LogP) is 2.91. The standard InChI is InChI=1S/C17H21NO4/c19-15(20)5-2-10-22-12-8-6-11(7-9-12)18-17(21)16-13-3-1-4-14(13)16/h6-9,13-14,16H,1-5,10H2,(H,18,21)(H,19,20). The van der Waals surface area contributed by atoms with Crippen LogP contribution in [0.25, 0.3) is 0 Å². The summed E-state index contributed by atoms with van der Waals surface area (Å²) in [4.78, 5) is 22.5. The summed E-state index contributed by atoms with van der Waals surface area (Å²) in [6.45, 7) is 0.378. The molecule has 2 aliphatic rings. The van der Waals surface area contributed by atoms with Gasteiger partial charge in [-0.05, 0) is 55.4 Å². The van der Waals surface area contributed by atoms with Gasteiger partial charge in [-0.25, -0.2) is 0 Å². The molecule has 1 amide bonds. The number of hydrogen-bond donors (Lipinski definition) is 2. The Kier molecular flexibility index (Phi) is 4.32. The zero-order valence-corrected chi connectivity index (χ0v) is 12.5. The Bertz CT molecular complexity index is 544. The van der Waals surface area contributed by atoms with Gasteiger partial charge in [0.1, 0.15) is 5.75 Å². The van der Waals surface area contributed by atoms with Crippen LogP contribution in [0.4, 0.5) is 5.69 Å². The third-order valence-corrected chi connectivity index (χ3v) is 4.63. The lowest BCUT2D eigenvalue weighted by atomic mass is 10.1. The number of rotatable bonds is 7. The Morgan fingerprint density at radius 1 is 1.18 bits per heavy atom. The van der Waals surface area contributed by atoms with Crippen molar-refractivity contribution in [2.75, 3.05) is 11.9 Å². The Hall–Kier alpha value is -2.04. The first-order chi connectivity index (χ1) is 10.6. The molecular weight excluding hydrogens is 282 g/mol. The Morgan fingerprint density at radius 3 is 2.50 bits per heavy atom. The molecule has 0 bridgehead atoms. The maximum atomic E-state index is 12.2. The number of carboxylic acid groups (broad SMARTS) is 1. The maximum Gasteiger partial charge on any atom is 0.303 e. The van der Waals surface area contributed by atoms with Gasteiger partial charge in [0.25, 0.3) is 0 Å². The van der Waals surface area contributed by atoms with Crippen LogP contribution in [-0.2, 0) is 9.59 Å². The van der Waals surface area contributed by atoms with E-state index in [1.807, 2.05) is 12.1 Å². The first kappa shape index (κ1) is 14.9. The van der Waals surface area contributed by atoms with Crippen LogP contribution in [-0.4, -0.2) is 23.6 Å². The lowest BCUT2D eigenvalue weighted by Gasteiger charge is -2.09. The summed E-state index contributed by atoms with van der Waals surface area (Å²) < 4.78 is 5.46. The fraction of sp³-hybridized carbons (Fsp3) is 0.529. The molecule has 0 saturated heterocycles. The van der Waals surface area contributed by atoms with E-state index in [4.69, 9.17) is 9.84 Å². The van der Waals surface area contributed by atoms with Crippen LogP contribution >= 0.6 is 0 Å². The highest BCUT2D eigenvalue weighted by Crippen LogP contribution is 2.57. The Morgan fingerprint density at radius 2 is 1.86 bits per heavy atom. The zero-order chi connectivity index (χ0) is 15.5. The van der Waals surface area contributed by atoms with Gasteiger partial charge in [-0.15, -0.1) is 0 Å². The van der Waals surface area contributed by atoms with Crippen molar-refractivity contribution in [2.24, 2.45) is 17.8 Å². The summed E-state index contributed by atoms with van der Waals surface area (Å²) in [5.74, 6) is 1.48. The molecule has 5 heteroatoms. The van der Waals surface area contributed by atoms with Crippen molar-refractivity contribution in [1.82, 2.24) is 0 Å². The van der Waals surface area contributed by atoms with Crippen molar-refractivity contribution in [2.45, 2.75) is 32.1 Å². The molecule has 22 heavy (non-hydrogen) atoms. The maximum absolute atomic E-state index is 12.2. The summed E-state index contributed by atoms with van der Waals surface area (Å²) >= 11 is 0. The second-order valence-corrected chi connectivity index (χ2v) is 6.14. The molecule has 3 rings (SSSR count). The molecule has 1 aromatic carbocycles. The average Bonchev–Trinajstić information content (AvgIpc) is 2.98. The highest BCUT2D eigenvalue weighted by Gasteiger charge is 2.56. The van der Waals surface area contributed by atoms with Crippen LogP contribution < -0.4 is 10.1 Å². The van der Waals surface area contributed by atoms with Gasteiger partial charge in [-0.1, -0.05) is 6.42 Å². The average molecular weight is 303 g/mol. The molecule has 1 aromatic rings. The van der Waals surface area contributed by atoms with E-state index in [2.05, 4.69) is 5.32 Å². The van der Waals surface area contributed by atoms with Gasteiger partial charge in [0.15, 0.2) is 0 Å². The van der Waals surface area contributed by atoms with Crippen LogP contribution in [0.15, 0.2) is 24.3 Å². The minimum atomic E-state index is -0.813. The number of carbonyl (C=O) groups is 2. The van der Waals surface area contributed by atoms with E-state index >= 15 is 0 Å². The van der Waals surface area contributed by atoms with E-state index in [0.717, 1.165) is 5.69 Å². The molecule has 2 fully saturated rings. The zero-order valence-electron chi connectivity index (χ0n) is 12.5. The molecule has 5 nitrogen and oxygen atoms in total. The molecule has 2 saturated carbocycles. The van der Waals surface area contributed by atoms with E-state index < -0.39 is 5.97 Å². The highest BCUT2D eigenvalue weighted by atomic mass is 16.5. The van der Waals surface area contributed by atoms with E-state index in [1.54, 1.807) is 12.1 Å². The fourth-order valence-electron chi connectivity index (χ4n) is 3.48. The van der Waals surface area contributed by atoms with Crippen molar-refractivity contribution in [1.29, 1.82) is 0 Å². The third kappa shape index (κ3) is 3.40. The highest BCUT2D eigenvalue weighted by molar-refractivity contribution is 5.95. The van der Waals surface area contributed by atoms with E-state index in [0.29, 0.717) is 30.6 Å². The molecule has 118 valence electrons. The van der Waals surface area contributed by atoms with Crippen LogP contribution in [0.5, 0.6) is 5.75 Å². The minimum absolute atomic E-state index is 0.109. The summed E-state index contributed by atoms with van der Waals surface area (Å²) in [6.07, 6.45) is 4.26. The Labute approximate surface area is 129 Å². The van der Waals surface area contributed by atoms with E-state index in [9.17, 15) is 9.59 Å². The first-order valence-corrected chi connectivity index (χ1v) is 7.90. The summed E-state index contributed by atoms with van der Waals surface area (Å²) in [5, 5.41) is 11.5. The quantitative estimate of drug-likeness (QED) is 0.759. The number of aliphatic carboxylic acids is 1. The van der Waals surface area contributed by atoms with Crippen LogP contribution in [0.1, 0.15) is 32.1 Å². The van der Waals surface area contributed by atoms with Gasteiger partial charge in [-0.2, -0.15) is 0 Å². The number of fused-ring (bicyclic) bond motifs is 1. The van der Waals surface area contributed by atoms with Gasteiger partial charge in [0.2, 0.25) is 5.91 Å². The molecule has 0 heterocycles. The number of amides is 1. The third-order valence-electron chi connectivity index (χ3n) is 4.63. The van der Waals surface area contributed by atoms with Gasteiger partial charge in [0, 0.05) is 18.0 Å². The molecule has 2 atom stereocenters. The molecule has 0 aromatic heterocycles. The molecule has 0 spiro atoms. The van der Waals surface area contributed by atoms with Crippen LogP contribution in [0, 0.1) is 17.8 Å². The van der Waals surface area contributed by atoms with Gasteiger partial charge >= 0.3 is 5.97 Å². The second-order valence-electron chi connectivity index (χ2n) is 6.14. The van der Waals surface area contributed by atoms with Crippen molar-refractivity contribution >= 4 is 17.6 Å². The molecule has 2 N–H and O–H groups in total. The molecule has 2 unspecified atom stereocenters. The summed E-state index contributed by atoms with van der Waals surface area (Å²) in [6, 6.07) is 7.24. The SMILES string of the molecule is O=C(O)CCCOc1ccc(NC(=O)C2C3CCCC32)cc1. The fourth-order valence-corrected chi connectivity index (χ4v) is 3.48. The lowest BCUT2D eigenvalue weighted by Crippen LogP contribution is -2.16. The Balaban J connectivity index is 1.43. The normalized spacial score (nSPS) is 25.4. The number of ether oxygens (including phenoxy) is 1. The molecule has 0 aliphatic heterocycles. The summed E-state index contributed by atoms with van der Waals surface area (Å²) in [5.41, 5.74) is 0.785. The molecular formula is C17H21NO4. The van der Waals surface area contributed by atoms with Crippen molar-refractivity contribution < 1.29 is 19.4 Å². The second kappa shape index (κ2) is 6.38. The number of nitrogens with one attached hydrogen (secondary N) is 1. The van der Waals surface area contributed by atoms with E-state index in [1.165, 1.54) is 19.3 Å². The summed E-state index contributed by atoms with van der Waals surface area (Å²) in [7, 11) is 0. The van der Waals surface area contributed by atoms with Crippen LogP contribution in [0.3, 0.4) is 0 Å². The molecule has 2 aliphatic carbocycles. The first-order valence-electron chi connectivity index (χ1n) is 7.90. The smallest absolute Gasteiger partial charge is 0.303 e. The van der Waals surface area contributed by atoms with Gasteiger partial charge in [-0.3, -0.25) is 9.59 Å². The largest absolute Gasteiger partial charge is 0.494 e. The van der Waals surface area contributed by atoms with Crippen LogP contribution in [0.2, 0.25) is 0 Å². The monoisotopic (exact) mass is 303 g/mol.